The lowest BCUT2D eigenvalue weighted by atomic mass is 10.0. The molecule has 0 fully saturated rings. The van der Waals surface area contributed by atoms with Gasteiger partial charge in [0.2, 0.25) is 0 Å². The molecule has 0 spiro atoms. The molecule has 0 radical (unpaired) electrons. The number of nitrogens with zero attached hydrogens (tertiary/aromatic N) is 1. The summed E-state index contributed by atoms with van der Waals surface area (Å²) in [5.41, 5.74) is -0.830. The zero-order valence-electron chi connectivity index (χ0n) is 21.4. The topological polar surface area (TPSA) is 69.7 Å². The summed E-state index contributed by atoms with van der Waals surface area (Å²) in [5, 5.41) is 2.62. The van der Waals surface area contributed by atoms with Crippen LogP contribution in [0.25, 0.3) is 0 Å². The van der Waals surface area contributed by atoms with E-state index in [9.17, 15) is 4.79 Å². The van der Waals surface area contributed by atoms with Gasteiger partial charge >= 0.3 is 6.09 Å². The SMILES string of the molecule is COc1cnc(C#CCC(F)C(C)(C)O[Si](C)(C)C(C)(C)C)cc1NC(=O)OC(C)(C)C. The molecule has 0 aromatic carbocycles. The second-order valence-corrected chi connectivity index (χ2v) is 15.6. The fourth-order valence-corrected chi connectivity index (χ4v) is 4.29. The molecule has 0 bridgehead atoms. The Bertz CT molecular complexity index is 861. The number of anilines is 1. The van der Waals surface area contributed by atoms with Crippen molar-refractivity contribution in [3.63, 3.8) is 0 Å². The molecule has 0 aliphatic carbocycles. The van der Waals surface area contributed by atoms with Crippen LogP contribution in [0.1, 0.15) is 67.5 Å². The Kier molecular flexibility index (Phi) is 8.92. The lowest BCUT2D eigenvalue weighted by Gasteiger charge is -2.43. The van der Waals surface area contributed by atoms with Gasteiger partial charge in [-0.25, -0.2) is 14.2 Å². The number of alkyl halides is 1. The van der Waals surface area contributed by atoms with E-state index in [-0.39, 0.29) is 11.5 Å². The van der Waals surface area contributed by atoms with Crippen LogP contribution >= 0.6 is 0 Å². The minimum absolute atomic E-state index is 0.00413. The Hall–Kier alpha value is -2.11. The van der Waals surface area contributed by atoms with Crippen molar-refractivity contribution in [2.45, 2.75) is 97.3 Å². The van der Waals surface area contributed by atoms with Crippen molar-refractivity contribution in [3.8, 4) is 17.6 Å². The summed E-state index contributed by atoms with van der Waals surface area (Å²) in [6, 6.07) is 1.57. The number of rotatable bonds is 6. The molecular weight excluding hydrogens is 427 g/mol. The van der Waals surface area contributed by atoms with E-state index in [1.807, 2.05) is 0 Å². The van der Waals surface area contributed by atoms with Gasteiger partial charge in [-0.2, -0.15) is 0 Å². The monoisotopic (exact) mass is 466 g/mol. The summed E-state index contributed by atoms with van der Waals surface area (Å²) < 4.78 is 31.8. The second kappa shape index (κ2) is 10.2. The van der Waals surface area contributed by atoms with Gasteiger partial charge in [-0.05, 0) is 64.7 Å². The molecular formula is C24H39FN2O4Si. The largest absolute Gasteiger partial charge is 0.493 e. The summed E-state index contributed by atoms with van der Waals surface area (Å²) in [6.07, 6.45) is -0.422. The number of aromatic nitrogens is 1. The molecule has 180 valence electrons. The molecule has 1 atom stereocenters. The van der Waals surface area contributed by atoms with Crippen LogP contribution in [0.5, 0.6) is 5.75 Å². The Morgan fingerprint density at radius 2 is 1.78 bits per heavy atom. The zero-order valence-corrected chi connectivity index (χ0v) is 22.4. The molecule has 0 saturated carbocycles. The van der Waals surface area contributed by atoms with Gasteiger partial charge in [0.05, 0.1) is 24.6 Å². The maximum absolute atomic E-state index is 15.0. The summed E-state index contributed by atoms with van der Waals surface area (Å²) in [7, 11) is -0.651. The first kappa shape index (κ1) is 27.9. The van der Waals surface area contributed by atoms with Crippen LogP contribution in [0.4, 0.5) is 14.9 Å². The normalized spacial score (nSPS) is 13.6. The molecule has 1 heterocycles. The molecule has 0 aliphatic rings. The fraction of sp³-hybridized carbons (Fsp3) is 0.667. The smallest absolute Gasteiger partial charge is 0.412 e. The number of hydrogen-bond acceptors (Lipinski definition) is 5. The fourth-order valence-electron chi connectivity index (χ4n) is 2.54. The first-order valence-corrected chi connectivity index (χ1v) is 13.7. The van der Waals surface area contributed by atoms with E-state index in [4.69, 9.17) is 13.9 Å². The third kappa shape index (κ3) is 8.44. The van der Waals surface area contributed by atoms with Crippen LogP contribution in [-0.2, 0) is 9.16 Å². The molecule has 1 unspecified atom stereocenters. The summed E-state index contributed by atoms with van der Waals surface area (Å²) >= 11 is 0. The van der Waals surface area contributed by atoms with Gasteiger partial charge in [0.15, 0.2) is 14.1 Å². The second-order valence-electron chi connectivity index (χ2n) is 10.8. The summed E-state index contributed by atoms with van der Waals surface area (Å²) in [5.74, 6) is 6.08. The average Bonchev–Trinajstić information content (AvgIpc) is 2.58. The van der Waals surface area contributed by atoms with E-state index in [0.717, 1.165) is 0 Å². The summed E-state index contributed by atoms with van der Waals surface area (Å²) in [4.78, 5) is 16.3. The van der Waals surface area contributed by atoms with Crippen molar-refractivity contribution in [3.05, 3.63) is 18.0 Å². The minimum Gasteiger partial charge on any atom is -0.493 e. The highest BCUT2D eigenvalue weighted by Gasteiger charge is 2.44. The predicted octanol–water partition coefficient (Wildman–Crippen LogP) is 6.32. The summed E-state index contributed by atoms with van der Waals surface area (Å²) in [6.45, 7) is 19.5. The van der Waals surface area contributed by atoms with Gasteiger partial charge in [0, 0.05) is 6.42 Å². The number of nitrogens with one attached hydrogen (secondary N) is 1. The number of hydrogen-bond donors (Lipinski definition) is 1. The molecule has 1 rings (SSSR count). The standard InChI is InChI=1S/C24H39FN2O4Si/c1-22(2,3)30-21(28)27-18-15-17(26-16-19(18)29-9)13-12-14-20(25)24(7,8)31-32(10,11)23(4,5)6/h15-16,20H,14H2,1-11H3,(H,26,27,28). The van der Waals surface area contributed by atoms with Gasteiger partial charge in [-0.15, -0.1) is 0 Å². The molecule has 8 heteroatoms. The van der Waals surface area contributed by atoms with Crippen molar-refractivity contribution >= 4 is 20.1 Å². The van der Waals surface area contributed by atoms with E-state index in [1.165, 1.54) is 13.3 Å². The highest BCUT2D eigenvalue weighted by atomic mass is 28.4. The number of carbonyl (C=O) groups excluding carboxylic acids is 1. The van der Waals surface area contributed by atoms with Crippen LogP contribution in [-0.4, -0.2) is 43.9 Å². The molecule has 0 aliphatic heterocycles. The number of amides is 1. The van der Waals surface area contributed by atoms with Crippen molar-refractivity contribution in [1.82, 2.24) is 4.98 Å². The maximum atomic E-state index is 15.0. The Balaban J connectivity index is 2.94. The Morgan fingerprint density at radius 1 is 1.19 bits per heavy atom. The van der Waals surface area contributed by atoms with E-state index in [2.05, 4.69) is 56.0 Å². The number of carbonyl (C=O) groups is 1. The molecule has 32 heavy (non-hydrogen) atoms. The van der Waals surface area contributed by atoms with E-state index in [0.29, 0.717) is 17.1 Å². The van der Waals surface area contributed by atoms with Crippen molar-refractivity contribution in [2.75, 3.05) is 12.4 Å². The molecule has 1 aromatic rings. The minimum atomic E-state index is -2.12. The molecule has 0 saturated heterocycles. The van der Waals surface area contributed by atoms with Crippen molar-refractivity contribution in [1.29, 1.82) is 0 Å². The van der Waals surface area contributed by atoms with Gasteiger partial charge in [0.1, 0.15) is 17.5 Å². The van der Waals surface area contributed by atoms with Crippen LogP contribution < -0.4 is 10.1 Å². The first-order chi connectivity index (χ1) is 14.4. The van der Waals surface area contributed by atoms with E-state index < -0.39 is 31.8 Å². The van der Waals surface area contributed by atoms with Gasteiger partial charge in [-0.3, -0.25) is 5.32 Å². The highest BCUT2D eigenvalue weighted by molar-refractivity contribution is 6.74. The van der Waals surface area contributed by atoms with Crippen LogP contribution in [0, 0.1) is 11.8 Å². The molecule has 1 amide bonds. The lowest BCUT2D eigenvalue weighted by molar-refractivity contribution is 0.0109. The van der Waals surface area contributed by atoms with Crippen LogP contribution in [0.3, 0.4) is 0 Å². The Morgan fingerprint density at radius 3 is 2.28 bits per heavy atom. The van der Waals surface area contributed by atoms with E-state index >= 15 is 4.39 Å². The van der Waals surface area contributed by atoms with Crippen molar-refractivity contribution in [2.24, 2.45) is 0 Å². The quantitative estimate of drug-likeness (QED) is 0.392. The van der Waals surface area contributed by atoms with Crippen LogP contribution in [0.2, 0.25) is 18.1 Å². The van der Waals surface area contributed by atoms with Gasteiger partial charge in [-0.1, -0.05) is 26.7 Å². The Labute approximate surface area is 193 Å². The molecule has 6 nitrogen and oxygen atoms in total. The van der Waals surface area contributed by atoms with Crippen molar-refractivity contribution < 1.29 is 23.1 Å². The third-order valence-electron chi connectivity index (χ3n) is 5.30. The van der Waals surface area contributed by atoms with Gasteiger partial charge in [0.25, 0.3) is 0 Å². The number of methoxy groups -OCH3 is 1. The maximum Gasteiger partial charge on any atom is 0.412 e. The number of halogens is 1. The number of ether oxygens (including phenoxy) is 2. The molecule has 1 aromatic heterocycles. The average molecular weight is 467 g/mol. The van der Waals surface area contributed by atoms with E-state index in [1.54, 1.807) is 40.7 Å². The first-order valence-electron chi connectivity index (χ1n) is 10.7. The zero-order chi connectivity index (χ0) is 25.0. The predicted molar refractivity (Wildman–Crippen MR) is 129 cm³/mol. The van der Waals surface area contributed by atoms with Gasteiger partial charge < -0.3 is 13.9 Å². The lowest BCUT2D eigenvalue weighted by Crippen LogP contribution is -2.51. The highest BCUT2D eigenvalue weighted by Crippen LogP contribution is 2.40. The third-order valence-corrected chi connectivity index (χ3v) is 9.95. The number of pyridine rings is 1. The molecule has 1 N–H and O–H groups in total. The van der Waals surface area contributed by atoms with Crippen LogP contribution in [0.15, 0.2) is 12.3 Å².